The number of anilines is 1. The van der Waals surface area contributed by atoms with E-state index < -0.39 is 12.1 Å². The summed E-state index contributed by atoms with van der Waals surface area (Å²) in [5.41, 5.74) is 0.522. The minimum atomic E-state index is -0.586. The number of halogens is 1. The molecule has 2 unspecified atom stereocenters. The van der Waals surface area contributed by atoms with Gasteiger partial charge in [0, 0.05) is 6.07 Å². The van der Waals surface area contributed by atoms with Gasteiger partial charge in [-0.25, -0.2) is 0 Å². The van der Waals surface area contributed by atoms with Crippen LogP contribution in [0.5, 0.6) is 5.75 Å². The number of benzene rings is 1. The molecule has 1 aromatic carbocycles. The van der Waals surface area contributed by atoms with Crippen molar-refractivity contribution in [3.63, 3.8) is 0 Å². The van der Waals surface area contributed by atoms with Crippen LogP contribution in [0, 0.1) is 5.92 Å². The largest absolute Gasteiger partial charge is 0.497 e. The lowest BCUT2D eigenvalue weighted by molar-refractivity contribution is -0.133. The van der Waals surface area contributed by atoms with Crippen LogP contribution in [0.2, 0.25) is 5.02 Å². The molecule has 21 heavy (non-hydrogen) atoms. The van der Waals surface area contributed by atoms with Crippen molar-refractivity contribution in [3.05, 3.63) is 23.2 Å². The first-order chi connectivity index (χ1) is 10.0. The molecule has 2 atom stereocenters. The predicted molar refractivity (Wildman–Crippen MR) is 79.6 cm³/mol. The molecule has 1 saturated carbocycles. The second-order valence-corrected chi connectivity index (χ2v) is 5.93. The highest BCUT2D eigenvalue weighted by molar-refractivity contribution is 6.34. The van der Waals surface area contributed by atoms with Crippen LogP contribution >= 0.6 is 11.6 Å². The Morgan fingerprint density at radius 2 is 2.05 bits per heavy atom. The molecular formula is C15H17ClN2O3. The second kappa shape index (κ2) is 5.22. The maximum atomic E-state index is 12.7. The number of methoxy groups -OCH3 is 1. The molecular weight excluding hydrogens is 292 g/mol. The van der Waals surface area contributed by atoms with Gasteiger partial charge in [0.1, 0.15) is 17.8 Å². The summed E-state index contributed by atoms with van der Waals surface area (Å²) in [4.78, 5) is 26.4. The van der Waals surface area contributed by atoms with Crippen molar-refractivity contribution >= 4 is 29.1 Å². The quantitative estimate of drug-likeness (QED) is 0.929. The van der Waals surface area contributed by atoms with Crippen LogP contribution < -0.4 is 15.0 Å². The first-order valence-electron chi connectivity index (χ1n) is 7.00. The second-order valence-electron chi connectivity index (χ2n) is 5.53. The van der Waals surface area contributed by atoms with Gasteiger partial charge in [-0.15, -0.1) is 0 Å². The fourth-order valence-electron chi connectivity index (χ4n) is 2.67. The highest BCUT2D eigenvalue weighted by atomic mass is 35.5. The summed E-state index contributed by atoms with van der Waals surface area (Å²) in [5, 5.41) is 3.25. The van der Waals surface area contributed by atoms with Crippen LogP contribution in [0.4, 0.5) is 5.69 Å². The summed E-state index contributed by atoms with van der Waals surface area (Å²) in [7, 11) is 1.55. The van der Waals surface area contributed by atoms with E-state index in [4.69, 9.17) is 16.3 Å². The number of rotatable bonds is 3. The van der Waals surface area contributed by atoms with E-state index >= 15 is 0 Å². The maximum absolute atomic E-state index is 12.7. The third-order valence-electron chi connectivity index (χ3n) is 4.07. The SMILES string of the molecule is COc1ccc(Cl)c(N2C(=O)C(C3CC3)NC(=O)C2C)c1. The van der Waals surface area contributed by atoms with Crippen LogP contribution in [0.25, 0.3) is 0 Å². The summed E-state index contributed by atoms with van der Waals surface area (Å²) in [6, 6.07) is 4.07. The summed E-state index contributed by atoms with van der Waals surface area (Å²) in [6.07, 6.45) is 1.95. The van der Waals surface area contributed by atoms with Gasteiger partial charge in [0.25, 0.3) is 5.91 Å². The molecule has 0 spiro atoms. The number of hydrogen-bond donors (Lipinski definition) is 1. The molecule has 1 N–H and O–H groups in total. The van der Waals surface area contributed by atoms with Crippen molar-refractivity contribution in [2.45, 2.75) is 31.8 Å². The zero-order valence-electron chi connectivity index (χ0n) is 11.9. The Labute approximate surface area is 128 Å². The maximum Gasteiger partial charge on any atom is 0.250 e. The van der Waals surface area contributed by atoms with E-state index in [0.29, 0.717) is 16.5 Å². The summed E-state index contributed by atoms with van der Waals surface area (Å²) >= 11 is 6.23. The number of nitrogens with zero attached hydrogens (tertiary/aromatic N) is 1. The van der Waals surface area contributed by atoms with E-state index in [9.17, 15) is 9.59 Å². The molecule has 1 aromatic rings. The molecule has 5 nitrogen and oxygen atoms in total. The van der Waals surface area contributed by atoms with Crippen molar-refractivity contribution in [1.82, 2.24) is 5.32 Å². The van der Waals surface area contributed by atoms with E-state index in [2.05, 4.69) is 5.32 Å². The molecule has 1 aliphatic heterocycles. The molecule has 6 heteroatoms. The fourth-order valence-corrected chi connectivity index (χ4v) is 2.88. The number of ether oxygens (including phenoxy) is 1. The molecule has 112 valence electrons. The van der Waals surface area contributed by atoms with Crippen molar-refractivity contribution in [2.75, 3.05) is 12.0 Å². The molecule has 0 bridgehead atoms. The first kappa shape index (κ1) is 14.2. The Morgan fingerprint density at radius 3 is 2.67 bits per heavy atom. The standard InChI is InChI=1S/C15H17ClN2O3/c1-8-14(19)17-13(9-3-4-9)15(20)18(8)12-7-10(21-2)5-6-11(12)16/h5-9,13H,3-4H2,1-2H3,(H,17,19). The molecule has 3 rings (SSSR count). The normalized spacial score (nSPS) is 25.8. The molecule has 1 saturated heterocycles. The van der Waals surface area contributed by atoms with E-state index in [0.717, 1.165) is 12.8 Å². The highest BCUT2D eigenvalue weighted by Gasteiger charge is 2.46. The smallest absolute Gasteiger partial charge is 0.250 e. The minimum Gasteiger partial charge on any atom is -0.497 e. The van der Waals surface area contributed by atoms with E-state index in [1.54, 1.807) is 32.2 Å². The molecule has 2 fully saturated rings. The topological polar surface area (TPSA) is 58.6 Å². The van der Waals surface area contributed by atoms with Gasteiger partial charge in [0.2, 0.25) is 5.91 Å². The van der Waals surface area contributed by atoms with Crippen LogP contribution in [0.1, 0.15) is 19.8 Å². The molecule has 0 radical (unpaired) electrons. The van der Waals surface area contributed by atoms with Crippen LogP contribution in [0.3, 0.4) is 0 Å². The van der Waals surface area contributed by atoms with Gasteiger partial charge in [-0.3, -0.25) is 14.5 Å². The van der Waals surface area contributed by atoms with E-state index in [1.807, 2.05) is 0 Å². The third-order valence-corrected chi connectivity index (χ3v) is 4.39. The van der Waals surface area contributed by atoms with Gasteiger partial charge in [-0.2, -0.15) is 0 Å². The van der Waals surface area contributed by atoms with Gasteiger partial charge < -0.3 is 10.1 Å². The van der Waals surface area contributed by atoms with Gasteiger partial charge in [0.15, 0.2) is 0 Å². The Kier molecular flexibility index (Phi) is 3.53. The summed E-state index contributed by atoms with van der Waals surface area (Å²) < 4.78 is 5.19. The Bertz CT molecular complexity index is 601. The first-order valence-corrected chi connectivity index (χ1v) is 7.37. The number of amides is 2. The highest BCUT2D eigenvalue weighted by Crippen LogP contribution is 2.38. The average Bonchev–Trinajstić information content (AvgIpc) is 3.29. The summed E-state index contributed by atoms with van der Waals surface area (Å²) in [5.74, 6) is 0.606. The lowest BCUT2D eigenvalue weighted by Gasteiger charge is -2.38. The predicted octanol–water partition coefficient (Wildman–Crippen LogP) is 1.98. The van der Waals surface area contributed by atoms with Crippen molar-refractivity contribution in [2.24, 2.45) is 5.92 Å². The van der Waals surface area contributed by atoms with Crippen LogP contribution in [-0.2, 0) is 9.59 Å². The Hall–Kier alpha value is -1.75. The fraction of sp³-hybridized carbons (Fsp3) is 0.467. The van der Waals surface area contributed by atoms with Gasteiger partial charge >= 0.3 is 0 Å². The number of nitrogens with one attached hydrogen (secondary N) is 1. The Balaban J connectivity index is 2.01. The number of hydrogen-bond acceptors (Lipinski definition) is 3. The molecule has 2 aliphatic rings. The van der Waals surface area contributed by atoms with Crippen LogP contribution in [0.15, 0.2) is 18.2 Å². The molecule has 1 aliphatic carbocycles. The molecule has 2 amide bonds. The zero-order chi connectivity index (χ0) is 15.1. The Morgan fingerprint density at radius 1 is 1.33 bits per heavy atom. The number of carbonyl (C=O) groups excluding carboxylic acids is 2. The van der Waals surface area contributed by atoms with E-state index in [1.165, 1.54) is 4.90 Å². The van der Waals surface area contributed by atoms with Crippen LogP contribution in [-0.4, -0.2) is 31.0 Å². The van der Waals surface area contributed by atoms with Crippen molar-refractivity contribution in [3.8, 4) is 5.75 Å². The molecule has 1 heterocycles. The number of piperazine rings is 1. The lowest BCUT2D eigenvalue weighted by Crippen LogP contribution is -2.63. The van der Waals surface area contributed by atoms with Gasteiger partial charge in [-0.1, -0.05) is 11.6 Å². The number of carbonyl (C=O) groups is 2. The zero-order valence-corrected chi connectivity index (χ0v) is 12.7. The van der Waals surface area contributed by atoms with Crippen molar-refractivity contribution in [1.29, 1.82) is 0 Å². The average molecular weight is 309 g/mol. The summed E-state index contributed by atoms with van der Waals surface area (Å²) in [6.45, 7) is 1.70. The lowest BCUT2D eigenvalue weighted by atomic mass is 10.0. The molecule has 0 aromatic heterocycles. The van der Waals surface area contributed by atoms with Crippen molar-refractivity contribution < 1.29 is 14.3 Å². The monoisotopic (exact) mass is 308 g/mol. The van der Waals surface area contributed by atoms with E-state index in [-0.39, 0.29) is 17.7 Å². The van der Waals surface area contributed by atoms with Gasteiger partial charge in [0.05, 0.1) is 17.8 Å². The third kappa shape index (κ3) is 2.46. The van der Waals surface area contributed by atoms with Gasteiger partial charge in [-0.05, 0) is 37.8 Å². The minimum absolute atomic E-state index is 0.0975.